The Bertz CT molecular complexity index is 525. The number of aliphatic hydroxyl groups excluding tert-OH is 1. The van der Waals surface area contributed by atoms with Crippen molar-refractivity contribution in [2.75, 3.05) is 0 Å². The maximum absolute atomic E-state index is 9.25. The third kappa shape index (κ3) is 2.73. The van der Waals surface area contributed by atoms with Crippen molar-refractivity contribution in [2.45, 2.75) is 26.4 Å². The molecule has 0 saturated heterocycles. The van der Waals surface area contributed by atoms with Crippen molar-refractivity contribution in [2.24, 2.45) is 0 Å². The van der Waals surface area contributed by atoms with E-state index in [-0.39, 0.29) is 12.5 Å². The van der Waals surface area contributed by atoms with Crippen molar-refractivity contribution in [1.29, 1.82) is 0 Å². The van der Waals surface area contributed by atoms with Crippen LogP contribution in [0.1, 0.15) is 31.0 Å². The molecular formula is C12H13BrN2OS. The molecule has 0 spiro atoms. The van der Waals surface area contributed by atoms with E-state index in [2.05, 4.69) is 39.7 Å². The Morgan fingerprint density at radius 2 is 2.18 bits per heavy atom. The zero-order chi connectivity index (χ0) is 12.4. The minimum Gasteiger partial charge on any atom is -0.392 e. The lowest BCUT2D eigenvalue weighted by molar-refractivity contribution is 0.279. The summed E-state index contributed by atoms with van der Waals surface area (Å²) in [6.07, 6.45) is 1.71. The lowest BCUT2D eigenvalue weighted by Gasteiger charge is -2.10. The number of thiophene rings is 1. The molecule has 0 aromatic carbocycles. The molecule has 0 atom stereocenters. The lowest BCUT2D eigenvalue weighted by Crippen LogP contribution is -2.03. The second-order valence-electron chi connectivity index (χ2n) is 4.02. The number of nitrogens with zero attached hydrogens (tertiary/aromatic N) is 2. The van der Waals surface area contributed by atoms with Crippen LogP contribution in [-0.4, -0.2) is 15.1 Å². The molecule has 0 bridgehead atoms. The first kappa shape index (κ1) is 12.7. The number of aromatic nitrogens is 2. The average molecular weight is 313 g/mol. The Morgan fingerprint density at radius 1 is 1.41 bits per heavy atom. The van der Waals surface area contributed by atoms with Gasteiger partial charge in [0, 0.05) is 11.8 Å². The van der Waals surface area contributed by atoms with Crippen molar-refractivity contribution in [3.05, 3.63) is 33.4 Å². The lowest BCUT2D eigenvalue weighted by atomic mass is 10.1. The fraction of sp³-hybridized carbons (Fsp3) is 0.333. The largest absolute Gasteiger partial charge is 0.392 e. The Hall–Kier alpha value is -0.780. The Balaban J connectivity index is 2.47. The van der Waals surface area contributed by atoms with Crippen LogP contribution in [0.5, 0.6) is 0 Å². The maximum atomic E-state index is 9.25. The van der Waals surface area contributed by atoms with Crippen LogP contribution in [0.2, 0.25) is 0 Å². The van der Waals surface area contributed by atoms with E-state index >= 15 is 0 Å². The number of rotatable bonds is 3. The molecule has 0 unspecified atom stereocenters. The molecule has 0 aliphatic heterocycles. The Kier molecular flexibility index (Phi) is 3.91. The van der Waals surface area contributed by atoms with Gasteiger partial charge >= 0.3 is 0 Å². The topological polar surface area (TPSA) is 46.0 Å². The monoisotopic (exact) mass is 312 g/mol. The molecule has 0 aliphatic carbocycles. The van der Waals surface area contributed by atoms with E-state index in [9.17, 15) is 5.11 Å². The Labute approximate surface area is 113 Å². The summed E-state index contributed by atoms with van der Waals surface area (Å²) >= 11 is 5.03. The van der Waals surface area contributed by atoms with Gasteiger partial charge < -0.3 is 5.11 Å². The van der Waals surface area contributed by atoms with Gasteiger partial charge in [-0.2, -0.15) is 0 Å². The van der Waals surface area contributed by atoms with E-state index in [1.807, 2.05) is 12.1 Å². The first-order chi connectivity index (χ1) is 8.11. The third-order valence-corrected chi connectivity index (χ3v) is 4.03. The molecule has 0 aliphatic rings. The van der Waals surface area contributed by atoms with Gasteiger partial charge in [-0.3, -0.25) is 0 Å². The van der Waals surface area contributed by atoms with Gasteiger partial charge in [-0.15, -0.1) is 11.3 Å². The van der Waals surface area contributed by atoms with Gasteiger partial charge in [0.25, 0.3) is 0 Å². The summed E-state index contributed by atoms with van der Waals surface area (Å²) in [5.74, 6) is 1.00. The molecule has 3 nitrogen and oxygen atoms in total. The summed E-state index contributed by atoms with van der Waals surface area (Å²) in [5.41, 5.74) is 1.72. The van der Waals surface area contributed by atoms with Gasteiger partial charge in [-0.1, -0.05) is 13.8 Å². The smallest absolute Gasteiger partial charge is 0.169 e. The minimum absolute atomic E-state index is 0.0120. The highest BCUT2D eigenvalue weighted by Crippen LogP contribution is 2.30. The Morgan fingerprint density at radius 3 is 2.71 bits per heavy atom. The quantitative estimate of drug-likeness (QED) is 0.942. The van der Waals surface area contributed by atoms with Crippen LogP contribution in [0.15, 0.2) is 22.1 Å². The molecule has 0 saturated carbocycles. The van der Waals surface area contributed by atoms with Crippen molar-refractivity contribution in [3.63, 3.8) is 0 Å². The van der Waals surface area contributed by atoms with Crippen LogP contribution >= 0.6 is 27.3 Å². The van der Waals surface area contributed by atoms with E-state index in [0.717, 1.165) is 25.7 Å². The highest BCUT2D eigenvalue weighted by Gasteiger charge is 2.12. The summed E-state index contributed by atoms with van der Waals surface area (Å²) in [6, 6.07) is 3.98. The third-order valence-electron chi connectivity index (χ3n) is 2.41. The van der Waals surface area contributed by atoms with E-state index in [1.54, 1.807) is 17.5 Å². The van der Waals surface area contributed by atoms with E-state index in [1.165, 1.54) is 0 Å². The summed E-state index contributed by atoms with van der Waals surface area (Å²) in [7, 11) is 0. The molecule has 90 valence electrons. The van der Waals surface area contributed by atoms with E-state index in [4.69, 9.17) is 0 Å². The van der Waals surface area contributed by atoms with Gasteiger partial charge in [0.15, 0.2) is 5.82 Å². The number of hydrogen-bond acceptors (Lipinski definition) is 4. The first-order valence-electron chi connectivity index (χ1n) is 5.34. The predicted molar refractivity (Wildman–Crippen MR) is 73.1 cm³/mol. The zero-order valence-electron chi connectivity index (χ0n) is 9.64. The van der Waals surface area contributed by atoms with Gasteiger partial charge in [-0.05, 0) is 34.0 Å². The van der Waals surface area contributed by atoms with Crippen LogP contribution in [0.25, 0.3) is 10.7 Å². The molecule has 2 rings (SSSR count). The molecule has 0 radical (unpaired) electrons. The summed E-state index contributed by atoms with van der Waals surface area (Å²) in [4.78, 5) is 9.87. The van der Waals surface area contributed by atoms with Crippen LogP contribution in [0.3, 0.4) is 0 Å². The fourth-order valence-electron chi connectivity index (χ4n) is 1.59. The van der Waals surface area contributed by atoms with Crippen molar-refractivity contribution < 1.29 is 5.11 Å². The average Bonchev–Trinajstić information content (AvgIpc) is 2.75. The molecule has 2 heterocycles. The molecule has 0 fully saturated rings. The number of aliphatic hydroxyl groups is 1. The number of hydrogen-bond donors (Lipinski definition) is 1. The second kappa shape index (κ2) is 5.25. The SMILES string of the molecule is CC(C)c1nc(-c2ccc(Br)s2)ncc1CO. The predicted octanol–water partition coefficient (Wildman–Crippen LogP) is 3.58. The van der Waals surface area contributed by atoms with Gasteiger partial charge in [-0.25, -0.2) is 9.97 Å². The fourth-order valence-corrected chi connectivity index (χ4v) is 2.92. The van der Waals surface area contributed by atoms with Crippen LogP contribution < -0.4 is 0 Å². The van der Waals surface area contributed by atoms with Gasteiger partial charge in [0.05, 0.1) is 21.0 Å². The van der Waals surface area contributed by atoms with Crippen LogP contribution in [-0.2, 0) is 6.61 Å². The maximum Gasteiger partial charge on any atom is 0.169 e. The van der Waals surface area contributed by atoms with Crippen LogP contribution in [0, 0.1) is 0 Å². The van der Waals surface area contributed by atoms with Crippen LogP contribution in [0.4, 0.5) is 0 Å². The second-order valence-corrected chi connectivity index (χ2v) is 6.48. The molecule has 0 amide bonds. The molecule has 17 heavy (non-hydrogen) atoms. The van der Waals surface area contributed by atoms with Crippen molar-refractivity contribution in [1.82, 2.24) is 9.97 Å². The van der Waals surface area contributed by atoms with E-state index in [0.29, 0.717) is 0 Å². The summed E-state index contributed by atoms with van der Waals surface area (Å²) in [5, 5.41) is 9.25. The molecule has 5 heteroatoms. The molecule has 1 N–H and O–H groups in total. The molecular weight excluding hydrogens is 300 g/mol. The molecule has 2 aromatic heterocycles. The van der Waals surface area contributed by atoms with Crippen molar-refractivity contribution >= 4 is 27.3 Å². The minimum atomic E-state index is -0.0120. The van der Waals surface area contributed by atoms with E-state index < -0.39 is 0 Å². The zero-order valence-corrected chi connectivity index (χ0v) is 12.0. The molecule has 2 aromatic rings. The number of halogens is 1. The highest BCUT2D eigenvalue weighted by atomic mass is 79.9. The first-order valence-corrected chi connectivity index (χ1v) is 6.95. The van der Waals surface area contributed by atoms with Gasteiger partial charge in [0.2, 0.25) is 0 Å². The summed E-state index contributed by atoms with van der Waals surface area (Å²) < 4.78 is 1.06. The van der Waals surface area contributed by atoms with Crippen molar-refractivity contribution in [3.8, 4) is 10.7 Å². The summed E-state index contributed by atoms with van der Waals surface area (Å²) in [6.45, 7) is 4.12. The highest BCUT2D eigenvalue weighted by molar-refractivity contribution is 9.11. The normalized spacial score (nSPS) is 11.1. The van der Waals surface area contributed by atoms with Gasteiger partial charge in [0.1, 0.15) is 0 Å². The standard InChI is InChI=1S/C12H13BrN2OS/c1-7(2)11-8(6-16)5-14-12(15-11)9-3-4-10(13)17-9/h3-5,7,16H,6H2,1-2H3.